The van der Waals surface area contributed by atoms with Crippen LogP contribution in [0.4, 0.5) is 4.39 Å². The molecular formula is C11H13BrFN. The van der Waals surface area contributed by atoms with Gasteiger partial charge in [-0.05, 0) is 26.1 Å². The van der Waals surface area contributed by atoms with Gasteiger partial charge in [-0.15, -0.1) is 0 Å². The molecule has 0 fully saturated rings. The summed E-state index contributed by atoms with van der Waals surface area (Å²) in [6, 6.07) is 5.07. The van der Waals surface area contributed by atoms with Crippen molar-refractivity contribution in [2.75, 3.05) is 13.6 Å². The van der Waals surface area contributed by atoms with Gasteiger partial charge >= 0.3 is 0 Å². The Morgan fingerprint density at radius 2 is 2.29 bits per heavy atom. The monoisotopic (exact) mass is 257 g/mol. The van der Waals surface area contributed by atoms with Crippen molar-refractivity contribution in [1.29, 1.82) is 0 Å². The minimum Gasteiger partial charge on any atom is -0.316 e. The zero-order valence-corrected chi connectivity index (χ0v) is 9.86. The van der Waals surface area contributed by atoms with Gasteiger partial charge < -0.3 is 5.32 Å². The molecule has 14 heavy (non-hydrogen) atoms. The third kappa shape index (κ3) is 3.24. The van der Waals surface area contributed by atoms with Gasteiger partial charge in [0.25, 0.3) is 0 Å². The smallest absolute Gasteiger partial charge is 0.131 e. The lowest BCUT2D eigenvalue weighted by Crippen LogP contribution is -2.08. The van der Waals surface area contributed by atoms with E-state index < -0.39 is 0 Å². The molecular weight excluding hydrogens is 245 g/mol. The van der Waals surface area contributed by atoms with Crippen LogP contribution in [0.15, 0.2) is 28.2 Å². The van der Waals surface area contributed by atoms with Gasteiger partial charge in [-0.25, -0.2) is 4.39 Å². The second-order valence-corrected chi connectivity index (χ2v) is 4.10. The molecule has 0 amide bonds. The van der Waals surface area contributed by atoms with Gasteiger partial charge in [0.2, 0.25) is 0 Å². The molecule has 0 spiro atoms. The summed E-state index contributed by atoms with van der Waals surface area (Å²) in [5.74, 6) is -0.199. The minimum atomic E-state index is -0.199. The molecule has 1 aromatic rings. The summed E-state index contributed by atoms with van der Waals surface area (Å²) < 4.78 is 14.1. The third-order valence-corrected chi connectivity index (χ3v) is 2.31. The van der Waals surface area contributed by atoms with Crippen molar-refractivity contribution in [1.82, 2.24) is 5.32 Å². The summed E-state index contributed by atoms with van der Waals surface area (Å²) in [6.07, 6.45) is 1.85. The van der Waals surface area contributed by atoms with Crippen molar-refractivity contribution in [2.24, 2.45) is 0 Å². The Labute approximate surface area is 92.1 Å². The second kappa shape index (κ2) is 5.27. The van der Waals surface area contributed by atoms with Gasteiger partial charge in [0.1, 0.15) is 5.82 Å². The van der Waals surface area contributed by atoms with E-state index in [1.807, 2.05) is 26.1 Å². The molecule has 0 unspecified atom stereocenters. The lowest BCUT2D eigenvalue weighted by molar-refractivity contribution is 0.624. The molecule has 0 aromatic heterocycles. The van der Waals surface area contributed by atoms with Crippen molar-refractivity contribution in [2.45, 2.75) is 6.92 Å². The van der Waals surface area contributed by atoms with E-state index in [0.29, 0.717) is 5.56 Å². The molecule has 3 heteroatoms. The van der Waals surface area contributed by atoms with Crippen LogP contribution in [0.5, 0.6) is 0 Å². The van der Waals surface area contributed by atoms with E-state index in [2.05, 4.69) is 21.2 Å². The summed E-state index contributed by atoms with van der Waals surface area (Å²) in [4.78, 5) is 0. The first-order chi connectivity index (χ1) is 6.63. The number of hydrogen-bond donors (Lipinski definition) is 1. The first-order valence-corrected chi connectivity index (χ1v) is 5.19. The number of rotatable bonds is 3. The fourth-order valence-electron chi connectivity index (χ4n) is 1.21. The van der Waals surface area contributed by atoms with Crippen molar-refractivity contribution in [3.8, 4) is 0 Å². The summed E-state index contributed by atoms with van der Waals surface area (Å²) >= 11 is 3.22. The van der Waals surface area contributed by atoms with E-state index in [-0.39, 0.29) is 5.82 Å². The van der Waals surface area contributed by atoms with Gasteiger partial charge in [0, 0.05) is 16.6 Å². The van der Waals surface area contributed by atoms with Crippen molar-refractivity contribution in [3.63, 3.8) is 0 Å². The second-order valence-electron chi connectivity index (χ2n) is 3.19. The first-order valence-electron chi connectivity index (χ1n) is 4.40. The molecule has 1 aromatic carbocycles. The van der Waals surface area contributed by atoms with E-state index in [1.54, 1.807) is 6.07 Å². The highest BCUT2D eigenvalue weighted by Crippen LogP contribution is 2.17. The Kier molecular flexibility index (Phi) is 4.29. The van der Waals surface area contributed by atoms with Crippen molar-refractivity contribution >= 4 is 22.0 Å². The molecule has 0 atom stereocenters. The van der Waals surface area contributed by atoms with Crippen LogP contribution in [0.1, 0.15) is 12.5 Å². The maximum Gasteiger partial charge on any atom is 0.131 e. The van der Waals surface area contributed by atoms with E-state index >= 15 is 0 Å². The van der Waals surface area contributed by atoms with Crippen LogP contribution in [0.25, 0.3) is 6.08 Å². The van der Waals surface area contributed by atoms with Crippen LogP contribution in [0, 0.1) is 5.82 Å². The van der Waals surface area contributed by atoms with Gasteiger partial charge in [0.05, 0.1) is 0 Å². The lowest BCUT2D eigenvalue weighted by Gasteiger charge is -2.01. The average Bonchev–Trinajstić information content (AvgIpc) is 2.10. The number of benzene rings is 1. The largest absolute Gasteiger partial charge is 0.316 e. The summed E-state index contributed by atoms with van der Waals surface area (Å²) in [5, 5.41) is 3.02. The predicted molar refractivity (Wildman–Crippen MR) is 61.7 cm³/mol. The van der Waals surface area contributed by atoms with E-state index in [4.69, 9.17) is 0 Å². The molecule has 76 valence electrons. The first kappa shape index (κ1) is 11.4. The summed E-state index contributed by atoms with van der Waals surface area (Å²) in [7, 11) is 1.87. The lowest BCUT2D eigenvalue weighted by atomic mass is 10.1. The molecule has 1 nitrogen and oxygen atoms in total. The number of nitrogens with one attached hydrogen (secondary N) is 1. The summed E-state index contributed by atoms with van der Waals surface area (Å²) in [5.41, 5.74) is 1.73. The van der Waals surface area contributed by atoms with Gasteiger partial charge in [-0.1, -0.05) is 33.6 Å². The zero-order valence-electron chi connectivity index (χ0n) is 8.27. The van der Waals surface area contributed by atoms with Crippen LogP contribution >= 0.6 is 15.9 Å². The van der Waals surface area contributed by atoms with E-state index in [9.17, 15) is 4.39 Å². The quantitative estimate of drug-likeness (QED) is 0.877. The SMILES string of the molecule is CNCC(C)=Cc1ccc(Br)cc1F. The topological polar surface area (TPSA) is 12.0 Å². The average molecular weight is 258 g/mol. The molecule has 0 aliphatic heterocycles. The molecule has 0 saturated carbocycles. The van der Waals surface area contributed by atoms with E-state index in [1.165, 1.54) is 6.07 Å². The number of hydrogen-bond acceptors (Lipinski definition) is 1. The van der Waals surface area contributed by atoms with Gasteiger partial charge in [0.15, 0.2) is 0 Å². The molecule has 0 bridgehead atoms. The molecule has 1 N–H and O–H groups in total. The minimum absolute atomic E-state index is 0.199. The van der Waals surface area contributed by atoms with Crippen LogP contribution in [-0.4, -0.2) is 13.6 Å². The Morgan fingerprint density at radius 1 is 1.57 bits per heavy atom. The molecule has 0 aliphatic carbocycles. The van der Waals surface area contributed by atoms with Gasteiger partial charge in [-0.2, -0.15) is 0 Å². The van der Waals surface area contributed by atoms with Gasteiger partial charge in [-0.3, -0.25) is 0 Å². The van der Waals surface area contributed by atoms with Crippen LogP contribution in [-0.2, 0) is 0 Å². The summed E-state index contributed by atoms with van der Waals surface area (Å²) in [6.45, 7) is 2.74. The normalized spacial score (nSPS) is 11.9. The van der Waals surface area contributed by atoms with Crippen LogP contribution < -0.4 is 5.32 Å². The number of halogens is 2. The number of likely N-dealkylation sites (N-methyl/N-ethyl adjacent to an activating group) is 1. The molecule has 1 rings (SSSR count). The Balaban J connectivity index is 2.91. The molecule has 0 aliphatic rings. The van der Waals surface area contributed by atoms with Crippen molar-refractivity contribution in [3.05, 3.63) is 39.6 Å². The highest BCUT2D eigenvalue weighted by atomic mass is 79.9. The maximum atomic E-state index is 13.4. The Morgan fingerprint density at radius 3 is 2.86 bits per heavy atom. The van der Waals surface area contributed by atoms with Crippen LogP contribution in [0.2, 0.25) is 0 Å². The maximum absolute atomic E-state index is 13.4. The Hall–Kier alpha value is -0.670. The standard InChI is InChI=1S/C11H13BrFN/c1-8(7-14-2)5-9-3-4-10(12)6-11(9)13/h3-6,14H,7H2,1-2H3. The fraction of sp³-hybridized carbons (Fsp3) is 0.273. The highest BCUT2D eigenvalue weighted by Gasteiger charge is 1.99. The highest BCUT2D eigenvalue weighted by molar-refractivity contribution is 9.10. The van der Waals surface area contributed by atoms with Crippen LogP contribution in [0.3, 0.4) is 0 Å². The predicted octanol–water partition coefficient (Wildman–Crippen LogP) is 3.21. The molecule has 0 radical (unpaired) electrons. The van der Waals surface area contributed by atoms with E-state index in [0.717, 1.165) is 16.6 Å². The molecule has 0 heterocycles. The third-order valence-electron chi connectivity index (χ3n) is 1.82. The zero-order chi connectivity index (χ0) is 10.6. The van der Waals surface area contributed by atoms with Crippen molar-refractivity contribution < 1.29 is 4.39 Å². The fourth-order valence-corrected chi connectivity index (χ4v) is 1.55. The molecule has 0 saturated heterocycles. The Bertz CT molecular complexity index is 347.